The van der Waals surface area contributed by atoms with Gasteiger partial charge in [-0.3, -0.25) is 4.79 Å². The SMILES string of the molecule is O=C(CSc1ccccc1F)N/N=C\c1ccccc1Br. The Morgan fingerprint density at radius 1 is 1.24 bits per heavy atom. The molecule has 2 aromatic rings. The minimum Gasteiger partial charge on any atom is -0.272 e. The van der Waals surface area contributed by atoms with Gasteiger partial charge in [0.1, 0.15) is 5.82 Å². The highest BCUT2D eigenvalue weighted by atomic mass is 79.9. The van der Waals surface area contributed by atoms with Crippen LogP contribution in [0.2, 0.25) is 0 Å². The van der Waals surface area contributed by atoms with Gasteiger partial charge in [-0.1, -0.05) is 46.3 Å². The van der Waals surface area contributed by atoms with Crippen LogP contribution in [0, 0.1) is 5.82 Å². The lowest BCUT2D eigenvalue weighted by atomic mass is 10.2. The summed E-state index contributed by atoms with van der Waals surface area (Å²) in [7, 11) is 0. The number of hydrazone groups is 1. The highest BCUT2D eigenvalue weighted by molar-refractivity contribution is 9.10. The van der Waals surface area contributed by atoms with E-state index in [4.69, 9.17) is 0 Å². The molecule has 2 aromatic carbocycles. The lowest BCUT2D eigenvalue weighted by Crippen LogP contribution is -2.19. The van der Waals surface area contributed by atoms with E-state index < -0.39 is 0 Å². The van der Waals surface area contributed by atoms with Crippen LogP contribution in [0.3, 0.4) is 0 Å². The van der Waals surface area contributed by atoms with E-state index in [1.54, 1.807) is 24.4 Å². The molecule has 0 unspecified atom stereocenters. The van der Waals surface area contributed by atoms with Crippen LogP contribution in [0.1, 0.15) is 5.56 Å². The van der Waals surface area contributed by atoms with Crippen LogP contribution >= 0.6 is 27.7 Å². The minimum absolute atomic E-state index is 0.105. The van der Waals surface area contributed by atoms with Crippen molar-refractivity contribution in [3.05, 3.63) is 64.4 Å². The standard InChI is InChI=1S/C15H12BrFN2OS/c16-12-6-2-1-5-11(12)9-18-19-15(20)10-21-14-8-4-3-7-13(14)17/h1-9H,10H2,(H,19,20)/b18-9-. The van der Waals surface area contributed by atoms with Crippen molar-refractivity contribution in [2.45, 2.75) is 4.90 Å². The van der Waals surface area contributed by atoms with Crippen LogP contribution in [0.25, 0.3) is 0 Å². The molecule has 0 atom stereocenters. The lowest BCUT2D eigenvalue weighted by molar-refractivity contribution is -0.118. The van der Waals surface area contributed by atoms with Gasteiger partial charge in [-0.25, -0.2) is 9.82 Å². The molecule has 0 bridgehead atoms. The molecule has 0 aliphatic carbocycles. The van der Waals surface area contributed by atoms with E-state index in [1.165, 1.54) is 6.07 Å². The van der Waals surface area contributed by atoms with E-state index in [0.717, 1.165) is 21.8 Å². The van der Waals surface area contributed by atoms with Crippen molar-refractivity contribution < 1.29 is 9.18 Å². The summed E-state index contributed by atoms with van der Waals surface area (Å²) in [5.41, 5.74) is 3.28. The fourth-order valence-electron chi connectivity index (χ4n) is 1.49. The molecule has 0 heterocycles. The molecule has 0 fully saturated rings. The Kier molecular flexibility index (Phi) is 5.95. The number of amides is 1. The number of thioether (sulfide) groups is 1. The molecule has 0 radical (unpaired) electrons. The Labute approximate surface area is 134 Å². The Hall–Kier alpha value is -1.66. The van der Waals surface area contributed by atoms with Crippen LogP contribution < -0.4 is 5.43 Å². The predicted octanol–water partition coefficient (Wildman–Crippen LogP) is 3.83. The van der Waals surface area contributed by atoms with Gasteiger partial charge in [-0.2, -0.15) is 5.10 Å². The van der Waals surface area contributed by atoms with Crippen molar-refractivity contribution >= 4 is 39.8 Å². The summed E-state index contributed by atoms with van der Waals surface area (Å²) < 4.78 is 14.3. The zero-order chi connectivity index (χ0) is 15.1. The molecular weight excluding hydrogens is 355 g/mol. The summed E-state index contributed by atoms with van der Waals surface area (Å²) in [5, 5.41) is 3.88. The smallest absolute Gasteiger partial charge is 0.250 e. The highest BCUT2D eigenvalue weighted by Gasteiger charge is 2.05. The summed E-state index contributed by atoms with van der Waals surface area (Å²) in [5.74, 6) is -0.507. The van der Waals surface area contributed by atoms with Crippen molar-refractivity contribution in [1.82, 2.24) is 5.43 Å². The Morgan fingerprint density at radius 2 is 1.95 bits per heavy atom. The van der Waals surface area contributed by atoms with Crippen molar-refractivity contribution in [2.24, 2.45) is 5.10 Å². The fourth-order valence-corrected chi connectivity index (χ4v) is 2.61. The van der Waals surface area contributed by atoms with E-state index >= 15 is 0 Å². The lowest BCUT2D eigenvalue weighted by Gasteiger charge is -2.02. The maximum Gasteiger partial charge on any atom is 0.250 e. The number of rotatable bonds is 5. The first-order valence-corrected chi connectivity index (χ1v) is 7.88. The van der Waals surface area contributed by atoms with Gasteiger partial charge in [-0.15, -0.1) is 11.8 Å². The minimum atomic E-state index is -0.327. The monoisotopic (exact) mass is 366 g/mol. The van der Waals surface area contributed by atoms with Crippen molar-refractivity contribution in [1.29, 1.82) is 0 Å². The molecule has 6 heteroatoms. The Bertz CT molecular complexity index is 664. The van der Waals surface area contributed by atoms with E-state index in [-0.39, 0.29) is 17.5 Å². The summed E-state index contributed by atoms with van der Waals surface area (Å²) >= 11 is 4.52. The van der Waals surface area contributed by atoms with Gasteiger partial charge >= 0.3 is 0 Å². The molecule has 108 valence electrons. The van der Waals surface area contributed by atoms with Gasteiger partial charge in [0.2, 0.25) is 5.91 Å². The van der Waals surface area contributed by atoms with Crippen LogP contribution in [-0.2, 0) is 4.79 Å². The van der Waals surface area contributed by atoms with Crippen molar-refractivity contribution in [2.75, 3.05) is 5.75 Å². The normalized spacial score (nSPS) is 10.8. The first-order chi connectivity index (χ1) is 10.2. The van der Waals surface area contributed by atoms with E-state index in [1.807, 2.05) is 24.3 Å². The number of halogens is 2. The second kappa shape index (κ2) is 7.95. The molecule has 3 nitrogen and oxygen atoms in total. The molecule has 0 aliphatic heterocycles. The quantitative estimate of drug-likeness (QED) is 0.496. The highest BCUT2D eigenvalue weighted by Crippen LogP contribution is 2.20. The number of hydrogen-bond acceptors (Lipinski definition) is 3. The molecule has 0 saturated carbocycles. The van der Waals surface area contributed by atoms with E-state index in [2.05, 4.69) is 26.5 Å². The number of carbonyl (C=O) groups is 1. The van der Waals surface area contributed by atoms with Crippen LogP contribution in [0.15, 0.2) is 63.0 Å². The molecule has 0 aliphatic rings. The summed E-state index contributed by atoms with van der Waals surface area (Å²) in [6.45, 7) is 0. The van der Waals surface area contributed by atoms with Crippen molar-refractivity contribution in [3.8, 4) is 0 Å². The average Bonchev–Trinajstić information content (AvgIpc) is 2.48. The van der Waals surface area contributed by atoms with E-state index in [0.29, 0.717) is 4.90 Å². The van der Waals surface area contributed by atoms with Crippen LogP contribution in [0.5, 0.6) is 0 Å². The van der Waals surface area contributed by atoms with Gasteiger partial charge in [0.25, 0.3) is 0 Å². The van der Waals surface area contributed by atoms with Gasteiger partial charge in [0.15, 0.2) is 0 Å². The number of nitrogens with zero attached hydrogens (tertiary/aromatic N) is 1. The summed E-state index contributed by atoms with van der Waals surface area (Å²) in [6, 6.07) is 13.9. The molecule has 0 aromatic heterocycles. The van der Waals surface area contributed by atoms with Crippen LogP contribution in [-0.4, -0.2) is 17.9 Å². The molecule has 1 N–H and O–H groups in total. The van der Waals surface area contributed by atoms with E-state index in [9.17, 15) is 9.18 Å². The Morgan fingerprint density at radius 3 is 2.71 bits per heavy atom. The second-order valence-corrected chi connectivity index (χ2v) is 5.91. The van der Waals surface area contributed by atoms with Gasteiger partial charge in [0.05, 0.1) is 12.0 Å². The largest absolute Gasteiger partial charge is 0.272 e. The van der Waals surface area contributed by atoms with Crippen molar-refractivity contribution in [3.63, 3.8) is 0 Å². The number of carbonyl (C=O) groups excluding carboxylic acids is 1. The summed E-state index contributed by atoms with van der Waals surface area (Å²) in [4.78, 5) is 12.1. The maximum atomic E-state index is 13.4. The molecule has 0 saturated heterocycles. The molecular formula is C15H12BrFN2OS. The summed E-state index contributed by atoms with van der Waals surface area (Å²) in [6.07, 6.45) is 1.55. The third-order valence-electron chi connectivity index (χ3n) is 2.49. The van der Waals surface area contributed by atoms with Gasteiger partial charge in [-0.05, 0) is 18.2 Å². The third kappa shape index (κ3) is 4.99. The topological polar surface area (TPSA) is 41.5 Å². The average molecular weight is 367 g/mol. The predicted molar refractivity (Wildman–Crippen MR) is 87.0 cm³/mol. The molecule has 1 amide bonds. The zero-order valence-corrected chi connectivity index (χ0v) is 13.3. The number of hydrogen-bond donors (Lipinski definition) is 1. The second-order valence-electron chi connectivity index (χ2n) is 4.03. The zero-order valence-electron chi connectivity index (χ0n) is 10.9. The third-order valence-corrected chi connectivity index (χ3v) is 4.26. The fraction of sp³-hybridized carbons (Fsp3) is 0.0667. The molecule has 2 rings (SSSR count). The van der Waals surface area contributed by atoms with Gasteiger partial charge in [0, 0.05) is 14.9 Å². The molecule has 21 heavy (non-hydrogen) atoms. The molecule has 0 spiro atoms. The maximum absolute atomic E-state index is 13.4. The first-order valence-electron chi connectivity index (χ1n) is 6.10. The number of benzene rings is 2. The number of nitrogens with one attached hydrogen (secondary N) is 1. The Balaban J connectivity index is 1.83. The van der Waals surface area contributed by atoms with Crippen LogP contribution in [0.4, 0.5) is 4.39 Å². The van der Waals surface area contributed by atoms with Gasteiger partial charge < -0.3 is 0 Å². The first kappa shape index (κ1) is 15.7.